The molecular weight excluding hydrogens is 369 g/mol. The van der Waals surface area contributed by atoms with Gasteiger partial charge in [-0.1, -0.05) is 6.07 Å². The Kier molecular flexibility index (Phi) is 6.31. The molecule has 0 unspecified atom stereocenters. The van der Waals surface area contributed by atoms with Crippen LogP contribution < -0.4 is 10.2 Å². The van der Waals surface area contributed by atoms with E-state index >= 15 is 0 Å². The number of pyridine rings is 1. The molecule has 1 amide bonds. The topological polar surface area (TPSA) is 45.2 Å². The van der Waals surface area contributed by atoms with E-state index in [-0.39, 0.29) is 5.91 Å². The van der Waals surface area contributed by atoms with E-state index in [0.717, 1.165) is 22.3 Å². The number of nitrogens with zero attached hydrogens (tertiary/aromatic N) is 2. The molecule has 134 valence electrons. The lowest BCUT2D eigenvalue weighted by atomic mass is 10.1. The number of carbonyl (C=O) groups excluding carboxylic acids is 1. The predicted molar refractivity (Wildman–Crippen MR) is 110 cm³/mol. The molecule has 0 radical (unpaired) electrons. The Morgan fingerprint density at radius 3 is 2.38 bits per heavy atom. The van der Waals surface area contributed by atoms with Crippen molar-refractivity contribution >= 4 is 51.4 Å². The fourth-order valence-corrected chi connectivity index (χ4v) is 3.21. The first kappa shape index (κ1) is 18.5. The third kappa shape index (κ3) is 4.26. The number of amides is 1. The molecule has 0 fully saturated rings. The van der Waals surface area contributed by atoms with Crippen LogP contribution in [0.15, 0.2) is 60.8 Å². The quantitative estimate of drug-likeness (QED) is 0.593. The summed E-state index contributed by atoms with van der Waals surface area (Å²) in [6.45, 7) is 1.42. The monoisotopic (exact) mass is 387 g/mol. The second-order valence-electron chi connectivity index (χ2n) is 5.74. The molecule has 0 atom stereocenters. The van der Waals surface area contributed by atoms with Crippen LogP contribution in [-0.2, 0) is 0 Å². The number of alkyl halides is 2. The number of halogens is 2. The summed E-state index contributed by atoms with van der Waals surface area (Å²) in [4.78, 5) is 19.0. The number of benzene rings is 2. The molecule has 0 saturated heterocycles. The maximum absolute atomic E-state index is 12.6. The smallest absolute Gasteiger partial charge is 0.255 e. The standard InChI is InChI=1S/C20H19Cl2N3O/c21-10-13-25(14-11-22)16-8-6-15(7-9-16)20(26)24-19-5-1-4-18-17(19)3-2-12-23-18/h1-9,12H,10-11,13-14H2,(H,24,26). The van der Waals surface area contributed by atoms with Gasteiger partial charge in [-0.15, -0.1) is 23.2 Å². The van der Waals surface area contributed by atoms with E-state index in [1.54, 1.807) is 6.20 Å². The SMILES string of the molecule is O=C(Nc1cccc2ncccc12)c1ccc(N(CCCl)CCCl)cc1. The Morgan fingerprint density at radius 2 is 1.69 bits per heavy atom. The van der Waals surface area contributed by atoms with Gasteiger partial charge in [0, 0.05) is 47.7 Å². The third-order valence-electron chi connectivity index (χ3n) is 4.10. The van der Waals surface area contributed by atoms with Gasteiger partial charge in [-0.05, 0) is 48.5 Å². The first-order valence-electron chi connectivity index (χ1n) is 8.35. The van der Waals surface area contributed by atoms with Gasteiger partial charge in [-0.2, -0.15) is 0 Å². The van der Waals surface area contributed by atoms with Crippen molar-refractivity contribution in [2.75, 3.05) is 35.1 Å². The highest BCUT2D eigenvalue weighted by atomic mass is 35.5. The van der Waals surface area contributed by atoms with E-state index in [1.165, 1.54) is 0 Å². The fraction of sp³-hybridized carbons (Fsp3) is 0.200. The molecule has 0 aliphatic carbocycles. The summed E-state index contributed by atoms with van der Waals surface area (Å²) < 4.78 is 0. The van der Waals surface area contributed by atoms with Crippen LogP contribution in [0.1, 0.15) is 10.4 Å². The van der Waals surface area contributed by atoms with Crippen LogP contribution >= 0.6 is 23.2 Å². The molecule has 3 aromatic rings. The lowest BCUT2D eigenvalue weighted by Gasteiger charge is -2.23. The lowest BCUT2D eigenvalue weighted by molar-refractivity contribution is 0.102. The highest BCUT2D eigenvalue weighted by Gasteiger charge is 2.10. The fourth-order valence-electron chi connectivity index (χ4n) is 2.80. The van der Waals surface area contributed by atoms with Gasteiger partial charge >= 0.3 is 0 Å². The molecular formula is C20H19Cl2N3O. The Hall–Kier alpha value is -2.30. The number of fused-ring (bicyclic) bond motifs is 1. The van der Waals surface area contributed by atoms with E-state index < -0.39 is 0 Å². The summed E-state index contributed by atoms with van der Waals surface area (Å²) in [5.74, 6) is 0.886. The molecule has 0 bridgehead atoms. The molecule has 6 heteroatoms. The second kappa shape index (κ2) is 8.88. The molecule has 2 aromatic carbocycles. The number of hydrogen-bond acceptors (Lipinski definition) is 3. The van der Waals surface area contributed by atoms with Crippen LogP contribution in [0.5, 0.6) is 0 Å². The summed E-state index contributed by atoms with van der Waals surface area (Å²) in [6.07, 6.45) is 1.74. The van der Waals surface area contributed by atoms with Gasteiger partial charge in [0.1, 0.15) is 0 Å². The average Bonchev–Trinajstić information content (AvgIpc) is 2.68. The summed E-state index contributed by atoms with van der Waals surface area (Å²) in [6, 6.07) is 16.9. The van der Waals surface area contributed by atoms with Crippen molar-refractivity contribution in [3.63, 3.8) is 0 Å². The molecule has 4 nitrogen and oxygen atoms in total. The van der Waals surface area contributed by atoms with Gasteiger partial charge in [0.05, 0.1) is 11.2 Å². The van der Waals surface area contributed by atoms with E-state index in [2.05, 4.69) is 15.2 Å². The lowest BCUT2D eigenvalue weighted by Crippen LogP contribution is -2.27. The zero-order valence-corrected chi connectivity index (χ0v) is 15.7. The van der Waals surface area contributed by atoms with E-state index in [9.17, 15) is 4.79 Å². The largest absolute Gasteiger partial charge is 0.369 e. The maximum Gasteiger partial charge on any atom is 0.255 e. The van der Waals surface area contributed by atoms with Crippen molar-refractivity contribution in [1.29, 1.82) is 0 Å². The highest BCUT2D eigenvalue weighted by Crippen LogP contribution is 2.22. The highest BCUT2D eigenvalue weighted by molar-refractivity contribution is 6.18. The van der Waals surface area contributed by atoms with E-state index in [1.807, 2.05) is 54.6 Å². The summed E-state index contributed by atoms with van der Waals surface area (Å²) in [5, 5.41) is 3.88. The normalized spacial score (nSPS) is 10.7. The van der Waals surface area contributed by atoms with Crippen molar-refractivity contribution in [1.82, 2.24) is 4.98 Å². The Balaban J connectivity index is 1.77. The first-order chi connectivity index (χ1) is 12.7. The van der Waals surface area contributed by atoms with Gasteiger partial charge < -0.3 is 10.2 Å². The van der Waals surface area contributed by atoms with Crippen LogP contribution in [-0.4, -0.2) is 35.7 Å². The number of aromatic nitrogens is 1. The van der Waals surface area contributed by atoms with Crippen molar-refractivity contribution in [2.24, 2.45) is 0 Å². The number of rotatable bonds is 7. The van der Waals surface area contributed by atoms with Gasteiger partial charge in [0.25, 0.3) is 5.91 Å². The van der Waals surface area contributed by atoms with Crippen LogP contribution in [0, 0.1) is 0 Å². The zero-order chi connectivity index (χ0) is 18.4. The van der Waals surface area contributed by atoms with E-state index in [0.29, 0.717) is 30.4 Å². The first-order valence-corrected chi connectivity index (χ1v) is 9.42. The van der Waals surface area contributed by atoms with Crippen LogP contribution in [0.3, 0.4) is 0 Å². The molecule has 0 spiro atoms. The molecule has 0 saturated carbocycles. The van der Waals surface area contributed by atoms with Crippen LogP contribution in [0.25, 0.3) is 10.9 Å². The van der Waals surface area contributed by atoms with Crippen molar-refractivity contribution in [3.05, 3.63) is 66.4 Å². The average molecular weight is 388 g/mol. The molecule has 0 aliphatic heterocycles. The van der Waals surface area contributed by atoms with Gasteiger partial charge in [0.2, 0.25) is 0 Å². The molecule has 1 N–H and O–H groups in total. The number of nitrogens with one attached hydrogen (secondary N) is 1. The Morgan fingerprint density at radius 1 is 0.962 bits per heavy atom. The van der Waals surface area contributed by atoms with Crippen molar-refractivity contribution in [3.8, 4) is 0 Å². The minimum absolute atomic E-state index is 0.158. The molecule has 1 heterocycles. The van der Waals surface area contributed by atoms with Crippen LogP contribution in [0.2, 0.25) is 0 Å². The number of anilines is 2. The zero-order valence-electron chi connectivity index (χ0n) is 14.2. The van der Waals surface area contributed by atoms with Gasteiger partial charge in [0.15, 0.2) is 0 Å². The maximum atomic E-state index is 12.6. The van der Waals surface area contributed by atoms with Crippen LogP contribution in [0.4, 0.5) is 11.4 Å². The van der Waals surface area contributed by atoms with Gasteiger partial charge in [-0.3, -0.25) is 9.78 Å². The van der Waals surface area contributed by atoms with Gasteiger partial charge in [-0.25, -0.2) is 0 Å². The summed E-state index contributed by atoms with van der Waals surface area (Å²) >= 11 is 11.7. The Bertz CT molecular complexity index is 872. The Labute approximate surface area is 162 Å². The number of carbonyl (C=O) groups is 1. The van der Waals surface area contributed by atoms with E-state index in [4.69, 9.17) is 23.2 Å². The molecule has 1 aromatic heterocycles. The summed E-state index contributed by atoms with van der Waals surface area (Å²) in [7, 11) is 0. The predicted octanol–water partition coefficient (Wildman–Crippen LogP) is 4.77. The minimum atomic E-state index is -0.158. The van der Waals surface area contributed by atoms with Crippen molar-refractivity contribution in [2.45, 2.75) is 0 Å². The summed E-state index contributed by atoms with van der Waals surface area (Å²) in [5.41, 5.74) is 3.18. The third-order valence-corrected chi connectivity index (χ3v) is 4.44. The minimum Gasteiger partial charge on any atom is -0.369 e. The second-order valence-corrected chi connectivity index (χ2v) is 6.50. The number of hydrogen-bond donors (Lipinski definition) is 1. The molecule has 0 aliphatic rings. The molecule has 3 rings (SSSR count). The van der Waals surface area contributed by atoms with Crippen molar-refractivity contribution < 1.29 is 4.79 Å². The molecule has 26 heavy (non-hydrogen) atoms.